The lowest BCUT2D eigenvalue weighted by atomic mass is 9.70. The summed E-state index contributed by atoms with van der Waals surface area (Å²) in [4.78, 5) is 11.7. The van der Waals surface area contributed by atoms with Crippen LogP contribution in [-0.2, 0) is 12.0 Å². The molecule has 1 saturated carbocycles. The predicted octanol–water partition coefficient (Wildman–Crippen LogP) is 8.33. The van der Waals surface area contributed by atoms with Crippen molar-refractivity contribution < 1.29 is 4.42 Å². The first-order valence-corrected chi connectivity index (χ1v) is 17.0. The van der Waals surface area contributed by atoms with Crippen molar-refractivity contribution >= 4 is 17.2 Å². The summed E-state index contributed by atoms with van der Waals surface area (Å²) in [5.74, 6) is 3.93. The maximum Gasteiger partial charge on any atom is 0.219 e. The lowest BCUT2D eigenvalue weighted by Crippen LogP contribution is -2.43. The van der Waals surface area contributed by atoms with Crippen molar-refractivity contribution in [3.05, 3.63) is 69.4 Å². The molecule has 2 fully saturated rings. The SMILES string of the molecule is CCN(CC)C(CC1CCC(C(C)(N)c2sccc2C)CC1)c1nc(Cc2ccccc2)c(N2CCC(C)CC2)o1. The van der Waals surface area contributed by atoms with Gasteiger partial charge in [0.1, 0.15) is 5.69 Å². The van der Waals surface area contributed by atoms with Crippen molar-refractivity contribution in [3.8, 4) is 0 Å². The van der Waals surface area contributed by atoms with Crippen LogP contribution in [0.2, 0.25) is 0 Å². The molecule has 1 saturated heterocycles. The van der Waals surface area contributed by atoms with Gasteiger partial charge in [0.2, 0.25) is 11.8 Å². The molecule has 224 valence electrons. The van der Waals surface area contributed by atoms with Gasteiger partial charge in [0.05, 0.1) is 11.6 Å². The van der Waals surface area contributed by atoms with Gasteiger partial charge < -0.3 is 15.1 Å². The Morgan fingerprint density at radius 2 is 1.73 bits per heavy atom. The van der Waals surface area contributed by atoms with Gasteiger partial charge in [0.25, 0.3) is 0 Å². The van der Waals surface area contributed by atoms with Crippen LogP contribution in [0.5, 0.6) is 0 Å². The lowest BCUT2D eigenvalue weighted by Gasteiger charge is -2.40. The standard InChI is InChI=1S/C35H52N4OS/c1-6-38(7-2)31(24-28-13-15-29(16-14-28)35(5,36)32-26(4)19-22-41-32)33-37-30(23-27-11-9-8-10-12-27)34(40-33)39-20-17-25(3)18-21-39/h8-12,19,22,25,28-29,31H,6-7,13-18,20-21,23-24,36H2,1-5H3. The second kappa shape index (κ2) is 13.4. The van der Waals surface area contributed by atoms with E-state index >= 15 is 0 Å². The van der Waals surface area contributed by atoms with E-state index in [2.05, 4.69) is 86.2 Å². The van der Waals surface area contributed by atoms with Crippen molar-refractivity contribution in [1.29, 1.82) is 0 Å². The largest absolute Gasteiger partial charge is 0.423 e. The average molecular weight is 577 g/mol. The molecule has 3 heterocycles. The third-order valence-electron chi connectivity index (χ3n) is 10.1. The van der Waals surface area contributed by atoms with E-state index in [-0.39, 0.29) is 11.6 Å². The molecule has 0 radical (unpaired) electrons. The highest BCUT2D eigenvalue weighted by Crippen LogP contribution is 2.45. The van der Waals surface area contributed by atoms with Gasteiger partial charge in [-0.1, -0.05) is 63.9 Å². The Kier molecular flexibility index (Phi) is 9.93. The first-order chi connectivity index (χ1) is 19.8. The summed E-state index contributed by atoms with van der Waals surface area (Å²) in [6.07, 6.45) is 9.21. The zero-order valence-corrected chi connectivity index (χ0v) is 26.9. The molecule has 0 bridgehead atoms. The van der Waals surface area contributed by atoms with Crippen LogP contribution in [0, 0.1) is 24.7 Å². The van der Waals surface area contributed by atoms with Gasteiger partial charge in [-0.05, 0) is 99.4 Å². The highest BCUT2D eigenvalue weighted by molar-refractivity contribution is 7.10. The van der Waals surface area contributed by atoms with Crippen LogP contribution in [-0.4, -0.2) is 36.1 Å². The number of nitrogens with zero attached hydrogens (tertiary/aromatic N) is 3. The minimum atomic E-state index is -0.239. The molecule has 0 spiro atoms. The molecule has 1 aromatic carbocycles. The number of hydrogen-bond donors (Lipinski definition) is 1. The van der Waals surface area contributed by atoms with Crippen molar-refractivity contribution in [1.82, 2.24) is 9.88 Å². The molecule has 5 rings (SSSR count). The van der Waals surface area contributed by atoms with Gasteiger partial charge in [-0.15, -0.1) is 11.3 Å². The Bertz CT molecular complexity index is 1210. The Morgan fingerprint density at radius 1 is 1.05 bits per heavy atom. The Morgan fingerprint density at radius 3 is 2.34 bits per heavy atom. The van der Waals surface area contributed by atoms with E-state index in [1.165, 1.54) is 54.5 Å². The number of rotatable bonds is 11. The van der Waals surface area contributed by atoms with Crippen molar-refractivity contribution in [2.75, 3.05) is 31.1 Å². The van der Waals surface area contributed by atoms with E-state index in [1.807, 2.05) is 11.3 Å². The van der Waals surface area contributed by atoms with E-state index in [9.17, 15) is 0 Å². The summed E-state index contributed by atoms with van der Waals surface area (Å²) in [6.45, 7) is 15.5. The Hall–Kier alpha value is -2.15. The Labute approximate surface area is 252 Å². The van der Waals surface area contributed by atoms with Crippen molar-refractivity contribution in [3.63, 3.8) is 0 Å². The zero-order chi connectivity index (χ0) is 29.0. The molecule has 0 amide bonds. The Balaban J connectivity index is 1.36. The predicted molar refractivity (Wildman–Crippen MR) is 173 cm³/mol. The summed E-state index contributed by atoms with van der Waals surface area (Å²) in [5, 5.41) is 2.19. The second-order valence-electron chi connectivity index (χ2n) is 13.0. The van der Waals surface area contributed by atoms with Crippen LogP contribution in [0.15, 0.2) is 46.2 Å². The van der Waals surface area contributed by atoms with Crippen molar-refractivity contribution in [2.24, 2.45) is 23.5 Å². The van der Waals surface area contributed by atoms with Gasteiger partial charge >= 0.3 is 0 Å². The number of aryl methyl sites for hydroxylation is 1. The summed E-state index contributed by atoms with van der Waals surface area (Å²) in [5.41, 5.74) is 10.5. The molecular weight excluding hydrogens is 524 g/mol. The van der Waals surface area contributed by atoms with Gasteiger partial charge in [0.15, 0.2) is 0 Å². The number of oxazole rings is 1. The van der Waals surface area contributed by atoms with E-state index in [0.717, 1.165) is 62.4 Å². The second-order valence-corrected chi connectivity index (χ2v) is 14.0. The molecule has 5 nitrogen and oxygen atoms in total. The summed E-state index contributed by atoms with van der Waals surface area (Å²) in [7, 11) is 0. The summed E-state index contributed by atoms with van der Waals surface area (Å²) in [6, 6.07) is 13.2. The molecule has 1 aliphatic carbocycles. The first-order valence-electron chi connectivity index (χ1n) is 16.2. The minimum absolute atomic E-state index is 0.210. The number of piperidine rings is 1. The van der Waals surface area contributed by atoms with Crippen LogP contribution >= 0.6 is 11.3 Å². The fourth-order valence-electron chi connectivity index (χ4n) is 7.36. The van der Waals surface area contributed by atoms with Gasteiger partial charge in [-0.3, -0.25) is 4.90 Å². The first kappa shape index (κ1) is 30.3. The molecule has 1 aliphatic heterocycles. The van der Waals surface area contributed by atoms with Gasteiger partial charge in [0, 0.05) is 24.4 Å². The molecule has 6 heteroatoms. The van der Waals surface area contributed by atoms with Crippen LogP contribution in [0.4, 0.5) is 5.88 Å². The lowest BCUT2D eigenvalue weighted by molar-refractivity contribution is 0.122. The molecule has 3 aromatic rings. The van der Waals surface area contributed by atoms with E-state index in [0.29, 0.717) is 11.8 Å². The maximum absolute atomic E-state index is 7.02. The normalized spacial score (nSPS) is 22.7. The van der Waals surface area contributed by atoms with Crippen LogP contribution in [0.3, 0.4) is 0 Å². The number of thiophene rings is 1. The number of hydrogen-bond acceptors (Lipinski definition) is 6. The van der Waals surface area contributed by atoms with Crippen LogP contribution in [0.1, 0.15) is 106 Å². The summed E-state index contributed by atoms with van der Waals surface area (Å²) < 4.78 is 6.84. The van der Waals surface area contributed by atoms with Crippen LogP contribution in [0.25, 0.3) is 0 Å². The number of benzene rings is 1. The molecular formula is C35H52N4OS. The van der Waals surface area contributed by atoms with Crippen molar-refractivity contribution in [2.45, 2.75) is 97.6 Å². The maximum atomic E-state index is 7.02. The third-order valence-corrected chi connectivity index (χ3v) is 11.4. The molecule has 41 heavy (non-hydrogen) atoms. The van der Waals surface area contributed by atoms with E-state index in [4.69, 9.17) is 15.1 Å². The van der Waals surface area contributed by atoms with Gasteiger partial charge in [-0.25, -0.2) is 4.98 Å². The molecule has 2 unspecified atom stereocenters. The smallest absolute Gasteiger partial charge is 0.219 e. The number of anilines is 1. The number of nitrogens with two attached hydrogens (primary N) is 1. The molecule has 2 N–H and O–H groups in total. The van der Waals surface area contributed by atoms with E-state index in [1.54, 1.807) is 0 Å². The third kappa shape index (κ3) is 6.92. The fraction of sp³-hybridized carbons (Fsp3) is 0.629. The summed E-state index contributed by atoms with van der Waals surface area (Å²) >= 11 is 1.83. The zero-order valence-electron chi connectivity index (χ0n) is 26.1. The number of aromatic nitrogens is 1. The average Bonchev–Trinajstić information content (AvgIpc) is 3.61. The minimum Gasteiger partial charge on any atom is -0.423 e. The monoisotopic (exact) mass is 576 g/mol. The van der Waals surface area contributed by atoms with E-state index < -0.39 is 0 Å². The van der Waals surface area contributed by atoms with Crippen LogP contribution < -0.4 is 10.6 Å². The highest BCUT2D eigenvalue weighted by atomic mass is 32.1. The molecule has 2 atom stereocenters. The molecule has 2 aliphatic rings. The quantitative estimate of drug-likeness (QED) is 0.249. The highest BCUT2D eigenvalue weighted by Gasteiger charge is 2.38. The molecule has 2 aromatic heterocycles. The topological polar surface area (TPSA) is 58.5 Å². The van der Waals surface area contributed by atoms with Gasteiger partial charge in [-0.2, -0.15) is 0 Å². The fourth-order valence-corrected chi connectivity index (χ4v) is 8.44.